The van der Waals surface area contributed by atoms with Crippen molar-refractivity contribution in [2.45, 2.75) is 6.92 Å². The predicted octanol–water partition coefficient (Wildman–Crippen LogP) is 1.79. The van der Waals surface area contributed by atoms with E-state index in [4.69, 9.17) is 4.74 Å². The molecule has 88 valence electrons. The lowest BCUT2D eigenvalue weighted by Gasteiger charge is -2.08. The summed E-state index contributed by atoms with van der Waals surface area (Å²) in [7, 11) is 0. The van der Waals surface area contributed by atoms with Crippen molar-refractivity contribution < 1.29 is 18.3 Å². The van der Waals surface area contributed by atoms with E-state index in [1.54, 1.807) is 25.1 Å². The molecule has 0 saturated heterocycles. The summed E-state index contributed by atoms with van der Waals surface area (Å²) in [5.41, 5.74) is 1.22. The highest BCUT2D eigenvalue weighted by Crippen LogP contribution is 2.16. The van der Waals surface area contributed by atoms with Crippen molar-refractivity contribution in [1.29, 1.82) is 0 Å². The van der Waals surface area contributed by atoms with Crippen LogP contribution in [0.5, 0.6) is 0 Å². The van der Waals surface area contributed by atoms with Gasteiger partial charge in [-0.2, -0.15) is 0 Å². The molecule has 6 heteroatoms. The van der Waals surface area contributed by atoms with Gasteiger partial charge in [0.05, 0.1) is 5.56 Å². The van der Waals surface area contributed by atoms with E-state index in [0.717, 1.165) is 10.0 Å². The molecule has 0 radical (unpaired) electrons. The minimum Gasteiger partial charge on any atom is -0.772 e. The fourth-order valence-electron chi connectivity index (χ4n) is 1.14. The van der Waals surface area contributed by atoms with Gasteiger partial charge in [-0.1, -0.05) is 27.0 Å². The fraction of sp³-hybridized carbons (Fsp3) is 0.300. The molecule has 0 aliphatic heterocycles. The molecule has 0 saturated carbocycles. The molecular formula is C10H10BrO4S-. The number of aryl methyl sites for hydroxylation is 1. The van der Waals surface area contributed by atoms with E-state index in [2.05, 4.69) is 15.9 Å². The number of benzene rings is 1. The first-order valence-electron chi connectivity index (χ1n) is 4.50. The van der Waals surface area contributed by atoms with Gasteiger partial charge in [-0.3, -0.25) is 4.21 Å². The summed E-state index contributed by atoms with van der Waals surface area (Å²) < 4.78 is 26.2. The molecule has 0 N–H and O–H groups in total. The van der Waals surface area contributed by atoms with Crippen molar-refractivity contribution in [3.05, 3.63) is 33.8 Å². The molecular weight excluding hydrogens is 296 g/mol. The zero-order valence-corrected chi connectivity index (χ0v) is 11.0. The van der Waals surface area contributed by atoms with Gasteiger partial charge in [-0.15, -0.1) is 0 Å². The molecule has 0 bridgehead atoms. The van der Waals surface area contributed by atoms with Crippen LogP contribution in [-0.2, 0) is 15.8 Å². The summed E-state index contributed by atoms with van der Waals surface area (Å²) >= 11 is 1.10. The maximum atomic E-state index is 11.5. The van der Waals surface area contributed by atoms with Crippen molar-refractivity contribution >= 4 is 33.0 Å². The van der Waals surface area contributed by atoms with Crippen LogP contribution >= 0.6 is 15.9 Å². The minimum absolute atomic E-state index is 0.121. The van der Waals surface area contributed by atoms with Crippen LogP contribution in [0.25, 0.3) is 0 Å². The Labute approximate surface area is 104 Å². The van der Waals surface area contributed by atoms with Gasteiger partial charge < -0.3 is 9.29 Å². The van der Waals surface area contributed by atoms with Crippen molar-refractivity contribution in [3.63, 3.8) is 0 Å². The van der Waals surface area contributed by atoms with E-state index in [1.165, 1.54) is 0 Å². The van der Waals surface area contributed by atoms with Gasteiger partial charge in [0.15, 0.2) is 0 Å². The van der Waals surface area contributed by atoms with Crippen molar-refractivity contribution in [2.24, 2.45) is 0 Å². The summed E-state index contributed by atoms with van der Waals surface area (Å²) in [6, 6.07) is 5.16. The first kappa shape index (κ1) is 13.3. The molecule has 1 rings (SSSR count). The summed E-state index contributed by atoms with van der Waals surface area (Å²) in [4.78, 5) is 11.5. The van der Waals surface area contributed by atoms with Crippen LogP contribution in [0.3, 0.4) is 0 Å². The Balaban J connectivity index is 2.63. The van der Waals surface area contributed by atoms with Crippen LogP contribution in [0.2, 0.25) is 0 Å². The van der Waals surface area contributed by atoms with E-state index in [1.807, 2.05) is 0 Å². The maximum absolute atomic E-state index is 11.5. The van der Waals surface area contributed by atoms with Crippen LogP contribution < -0.4 is 0 Å². The zero-order valence-electron chi connectivity index (χ0n) is 8.57. The van der Waals surface area contributed by atoms with Gasteiger partial charge in [0, 0.05) is 10.2 Å². The first-order chi connectivity index (χ1) is 7.50. The molecule has 1 aromatic rings. The van der Waals surface area contributed by atoms with Crippen LogP contribution in [0.4, 0.5) is 0 Å². The van der Waals surface area contributed by atoms with E-state index in [9.17, 15) is 13.6 Å². The summed E-state index contributed by atoms with van der Waals surface area (Å²) in [6.07, 6.45) is 0. The Kier molecular flexibility index (Phi) is 5.11. The smallest absolute Gasteiger partial charge is 0.338 e. The molecule has 4 nitrogen and oxygen atoms in total. The third-order valence-corrected chi connectivity index (χ3v) is 2.88. The molecule has 0 aliphatic carbocycles. The first-order valence-corrected chi connectivity index (χ1v) is 6.53. The second kappa shape index (κ2) is 6.12. The third-order valence-electron chi connectivity index (χ3n) is 1.89. The lowest BCUT2D eigenvalue weighted by Crippen LogP contribution is -2.12. The van der Waals surface area contributed by atoms with Crippen LogP contribution in [0, 0.1) is 6.92 Å². The number of hydrogen-bond donors (Lipinski definition) is 0. The molecule has 1 atom stereocenters. The Morgan fingerprint density at radius 2 is 2.25 bits per heavy atom. The van der Waals surface area contributed by atoms with Gasteiger partial charge >= 0.3 is 5.97 Å². The molecule has 0 aliphatic rings. The zero-order chi connectivity index (χ0) is 12.1. The Morgan fingerprint density at radius 1 is 1.56 bits per heavy atom. The predicted molar refractivity (Wildman–Crippen MR) is 62.9 cm³/mol. The number of hydrogen-bond acceptors (Lipinski definition) is 4. The van der Waals surface area contributed by atoms with Gasteiger partial charge in [0.25, 0.3) is 0 Å². The number of rotatable bonds is 4. The highest BCUT2D eigenvalue weighted by atomic mass is 79.9. The molecule has 0 aromatic heterocycles. The molecule has 1 aromatic carbocycles. The van der Waals surface area contributed by atoms with Gasteiger partial charge in [0.2, 0.25) is 0 Å². The van der Waals surface area contributed by atoms with Gasteiger partial charge in [-0.25, -0.2) is 4.79 Å². The van der Waals surface area contributed by atoms with Gasteiger partial charge in [0.1, 0.15) is 6.61 Å². The van der Waals surface area contributed by atoms with Gasteiger partial charge in [-0.05, 0) is 30.7 Å². The van der Waals surface area contributed by atoms with Crippen LogP contribution in [0.1, 0.15) is 15.9 Å². The normalized spacial score (nSPS) is 12.2. The number of carbonyl (C=O) groups excluding carboxylic acids is 1. The average Bonchev–Trinajstić information content (AvgIpc) is 2.16. The largest absolute Gasteiger partial charge is 0.772 e. The number of halogens is 1. The Morgan fingerprint density at radius 3 is 2.81 bits per heavy atom. The van der Waals surface area contributed by atoms with Crippen LogP contribution in [0.15, 0.2) is 22.7 Å². The van der Waals surface area contributed by atoms with Crippen LogP contribution in [-0.4, -0.2) is 27.1 Å². The summed E-state index contributed by atoms with van der Waals surface area (Å²) in [6.45, 7) is 1.66. The second-order valence-electron chi connectivity index (χ2n) is 3.10. The summed E-state index contributed by atoms with van der Waals surface area (Å²) in [5, 5.41) is 0. The van der Waals surface area contributed by atoms with E-state index in [0.29, 0.717) is 5.56 Å². The lowest BCUT2D eigenvalue weighted by molar-refractivity contribution is 0.0528. The second-order valence-corrected chi connectivity index (χ2v) is 5.03. The quantitative estimate of drug-likeness (QED) is 0.628. The SMILES string of the molecule is Cc1cc(Br)ccc1C(=O)OCCS(=O)[O-]. The topological polar surface area (TPSA) is 66.4 Å². The molecule has 0 amide bonds. The maximum Gasteiger partial charge on any atom is 0.338 e. The molecule has 0 heterocycles. The minimum atomic E-state index is -2.18. The monoisotopic (exact) mass is 305 g/mol. The highest BCUT2D eigenvalue weighted by molar-refractivity contribution is 9.10. The van der Waals surface area contributed by atoms with Crippen molar-refractivity contribution in [1.82, 2.24) is 0 Å². The molecule has 0 fully saturated rings. The highest BCUT2D eigenvalue weighted by Gasteiger charge is 2.10. The number of esters is 1. The molecule has 1 unspecified atom stereocenters. The third kappa shape index (κ3) is 4.03. The van der Waals surface area contributed by atoms with E-state index >= 15 is 0 Å². The number of carbonyl (C=O) groups is 1. The fourth-order valence-corrected chi connectivity index (χ4v) is 1.83. The molecule has 0 spiro atoms. The molecule has 16 heavy (non-hydrogen) atoms. The lowest BCUT2D eigenvalue weighted by atomic mass is 10.1. The summed E-state index contributed by atoms with van der Waals surface area (Å²) in [5.74, 6) is -0.683. The van der Waals surface area contributed by atoms with Crippen molar-refractivity contribution in [2.75, 3.05) is 12.4 Å². The van der Waals surface area contributed by atoms with E-state index in [-0.39, 0.29) is 12.4 Å². The standard InChI is InChI=1S/C10H11BrO4S/c1-7-6-8(11)2-3-9(7)10(12)15-4-5-16(13)14/h2-3,6H,4-5H2,1H3,(H,13,14)/p-1. The Hall–Kier alpha value is -0.720. The number of ether oxygens (including phenoxy) is 1. The average molecular weight is 306 g/mol. The van der Waals surface area contributed by atoms with Crippen molar-refractivity contribution in [3.8, 4) is 0 Å². The van der Waals surface area contributed by atoms with E-state index < -0.39 is 17.0 Å². The Bertz CT molecular complexity index is 419.